The number of nitrogens with two attached hydrogens (primary N) is 1. The van der Waals surface area contributed by atoms with E-state index in [0.717, 1.165) is 49.3 Å². The molecular formula is C13H20N4. The van der Waals surface area contributed by atoms with Gasteiger partial charge in [-0.15, -0.1) is 0 Å². The topological polar surface area (TPSA) is 56.7 Å². The van der Waals surface area contributed by atoms with Crippen molar-refractivity contribution < 1.29 is 0 Å². The van der Waals surface area contributed by atoms with E-state index in [1.54, 1.807) is 0 Å². The van der Waals surface area contributed by atoms with Crippen LogP contribution in [0.5, 0.6) is 0 Å². The number of hydrogen-bond acceptors (Lipinski definition) is 3. The lowest BCUT2D eigenvalue weighted by Crippen LogP contribution is -2.03. The molecular weight excluding hydrogens is 212 g/mol. The lowest BCUT2D eigenvalue weighted by molar-refractivity contribution is 0.635. The third kappa shape index (κ3) is 2.64. The maximum absolute atomic E-state index is 5.49. The van der Waals surface area contributed by atoms with E-state index >= 15 is 0 Å². The molecule has 0 saturated heterocycles. The van der Waals surface area contributed by atoms with Crippen molar-refractivity contribution in [1.29, 1.82) is 0 Å². The lowest BCUT2D eigenvalue weighted by atomic mass is 10.2. The Hall–Kier alpha value is -1.42. The second-order valence-electron chi connectivity index (χ2n) is 4.22. The standard InChI is InChI=1S/C13H20N4/c1-2-17-12(8-4-3-5-9-14)16-11-7-6-10-15-13(11)17/h6-7,10H,2-5,8-9,14H2,1H3. The van der Waals surface area contributed by atoms with Crippen molar-refractivity contribution in [3.05, 3.63) is 24.2 Å². The first-order valence-corrected chi connectivity index (χ1v) is 6.37. The van der Waals surface area contributed by atoms with Crippen LogP contribution in [0.15, 0.2) is 18.3 Å². The van der Waals surface area contributed by atoms with E-state index in [1.807, 2.05) is 18.3 Å². The van der Waals surface area contributed by atoms with Gasteiger partial charge in [-0.25, -0.2) is 9.97 Å². The summed E-state index contributed by atoms with van der Waals surface area (Å²) in [4.78, 5) is 9.05. The average molecular weight is 232 g/mol. The molecule has 0 aromatic carbocycles. The van der Waals surface area contributed by atoms with E-state index in [4.69, 9.17) is 5.73 Å². The molecule has 0 amide bonds. The van der Waals surface area contributed by atoms with Gasteiger partial charge in [-0.1, -0.05) is 6.42 Å². The van der Waals surface area contributed by atoms with Crippen LogP contribution in [0.1, 0.15) is 32.0 Å². The molecule has 2 rings (SSSR count). The highest BCUT2D eigenvalue weighted by Gasteiger charge is 2.09. The maximum Gasteiger partial charge on any atom is 0.159 e. The van der Waals surface area contributed by atoms with E-state index in [-0.39, 0.29) is 0 Å². The Morgan fingerprint density at radius 3 is 2.94 bits per heavy atom. The van der Waals surface area contributed by atoms with Crippen LogP contribution in [0.25, 0.3) is 11.2 Å². The molecule has 0 saturated carbocycles. The second-order valence-corrected chi connectivity index (χ2v) is 4.22. The zero-order valence-corrected chi connectivity index (χ0v) is 10.4. The quantitative estimate of drug-likeness (QED) is 0.776. The number of hydrogen-bond donors (Lipinski definition) is 1. The minimum absolute atomic E-state index is 0.783. The van der Waals surface area contributed by atoms with Crippen LogP contribution in [0.2, 0.25) is 0 Å². The predicted octanol–water partition coefficient (Wildman–Crippen LogP) is 2.12. The van der Waals surface area contributed by atoms with E-state index < -0.39 is 0 Å². The molecule has 2 aromatic rings. The number of aryl methyl sites for hydroxylation is 2. The maximum atomic E-state index is 5.49. The van der Waals surface area contributed by atoms with Gasteiger partial charge < -0.3 is 10.3 Å². The lowest BCUT2D eigenvalue weighted by Gasteiger charge is -2.04. The Kier molecular flexibility index (Phi) is 4.09. The van der Waals surface area contributed by atoms with Crippen molar-refractivity contribution in [3.63, 3.8) is 0 Å². The van der Waals surface area contributed by atoms with Crippen molar-refractivity contribution >= 4 is 11.2 Å². The highest BCUT2D eigenvalue weighted by Crippen LogP contribution is 2.15. The van der Waals surface area contributed by atoms with Gasteiger partial charge in [0.25, 0.3) is 0 Å². The van der Waals surface area contributed by atoms with Gasteiger partial charge in [-0.05, 0) is 38.4 Å². The molecule has 0 unspecified atom stereocenters. The molecule has 2 aromatic heterocycles. The van der Waals surface area contributed by atoms with Gasteiger partial charge in [-0.2, -0.15) is 0 Å². The Balaban J connectivity index is 2.15. The summed E-state index contributed by atoms with van der Waals surface area (Å²) in [6.07, 6.45) is 6.28. The van der Waals surface area contributed by atoms with Crippen LogP contribution < -0.4 is 5.73 Å². The molecule has 2 heterocycles. The largest absolute Gasteiger partial charge is 0.330 e. The van der Waals surface area contributed by atoms with Gasteiger partial charge in [0.05, 0.1) is 0 Å². The fourth-order valence-electron chi connectivity index (χ4n) is 2.13. The second kappa shape index (κ2) is 5.77. The van der Waals surface area contributed by atoms with Crippen LogP contribution in [-0.2, 0) is 13.0 Å². The van der Waals surface area contributed by atoms with Crippen LogP contribution in [0.3, 0.4) is 0 Å². The first kappa shape index (κ1) is 12.0. The van der Waals surface area contributed by atoms with Crippen molar-refractivity contribution in [1.82, 2.24) is 14.5 Å². The molecule has 4 heteroatoms. The van der Waals surface area contributed by atoms with Gasteiger partial charge in [0.2, 0.25) is 0 Å². The molecule has 0 atom stereocenters. The van der Waals surface area contributed by atoms with E-state index in [0.29, 0.717) is 0 Å². The molecule has 2 N–H and O–H groups in total. The monoisotopic (exact) mass is 232 g/mol. The van der Waals surface area contributed by atoms with E-state index in [1.165, 1.54) is 6.42 Å². The molecule has 0 aliphatic heterocycles. The highest BCUT2D eigenvalue weighted by molar-refractivity contribution is 5.71. The molecule has 0 bridgehead atoms. The van der Waals surface area contributed by atoms with Gasteiger partial charge in [0.15, 0.2) is 5.65 Å². The summed E-state index contributed by atoms with van der Waals surface area (Å²) < 4.78 is 2.21. The van der Waals surface area contributed by atoms with Crippen LogP contribution in [0.4, 0.5) is 0 Å². The Morgan fingerprint density at radius 1 is 1.29 bits per heavy atom. The third-order valence-electron chi connectivity index (χ3n) is 3.00. The van der Waals surface area contributed by atoms with Crippen molar-refractivity contribution in [2.75, 3.05) is 6.54 Å². The zero-order chi connectivity index (χ0) is 12.1. The predicted molar refractivity (Wildman–Crippen MR) is 69.8 cm³/mol. The van der Waals surface area contributed by atoms with Gasteiger partial charge >= 0.3 is 0 Å². The number of nitrogens with zero attached hydrogens (tertiary/aromatic N) is 3. The molecule has 0 radical (unpaired) electrons. The summed E-state index contributed by atoms with van der Waals surface area (Å²) in [5.41, 5.74) is 7.50. The Labute approximate surface area is 102 Å². The van der Waals surface area contributed by atoms with Crippen LogP contribution >= 0.6 is 0 Å². The number of aromatic nitrogens is 3. The molecule has 0 aliphatic rings. The zero-order valence-electron chi connectivity index (χ0n) is 10.4. The van der Waals surface area contributed by atoms with Crippen LogP contribution in [-0.4, -0.2) is 21.1 Å². The molecule has 17 heavy (non-hydrogen) atoms. The molecule has 0 spiro atoms. The smallest absolute Gasteiger partial charge is 0.159 e. The third-order valence-corrected chi connectivity index (χ3v) is 3.00. The fourth-order valence-corrected chi connectivity index (χ4v) is 2.13. The van der Waals surface area contributed by atoms with Gasteiger partial charge in [0.1, 0.15) is 11.3 Å². The van der Waals surface area contributed by atoms with E-state index in [9.17, 15) is 0 Å². The summed E-state index contributed by atoms with van der Waals surface area (Å²) in [5, 5.41) is 0. The molecule has 0 aliphatic carbocycles. The summed E-state index contributed by atoms with van der Waals surface area (Å²) >= 11 is 0. The summed E-state index contributed by atoms with van der Waals surface area (Å²) in [7, 11) is 0. The Bertz CT molecular complexity index is 475. The number of fused-ring (bicyclic) bond motifs is 1. The summed E-state index contributed by atoms with van der Waals surface area (Å²) in [6, 6.07) is 3.96. The first-order valence-electron chi connectivity index (χ1n) is 6.37. The summed E-state index contributed by atoms with van der Waals surface area (Å²) in [5.74, 6) is 1.15. The molecule has 4 nitrogen and oxygen atoms in total. The minimum atomic E-state index is 0.783. The number of imidazole rings is 1. The minimum Gasteiger partial charge on any atom is -0.330 e. The normalized spacial score (nSPS) is 11.2. The van der Waals surface area contributed by atoms with Crippen molar-refractivity contribution in [2.24, 2.45) is 5.73 Å². The van der Waals surface area contributed by atoms with Gasteiger partial charge in [0, 0.05) is 19.2 Å². The SMILES string of the molecule is CCn1c(CCCCCN)nc2cccnc21. The van der Waals surface area contributed by atoms with Gasteiger partial charge in [-0.3, -0.25) is 0 Å². The average Bonchev–Trinajstić information content (AvgIpc) is 2.72. The Morgan fingerprint density at radius 2 is 2.18 bits per heavy atom. The van der Waals surface area contributed by atoms with Crippen molar-refractivity contribution in [2.45, 2.75) is 39.2 Å². The highest BCUT2D eigenvalue weighted by atomic mass is 15.1. The molecule has 0 fully saturated rings. The van der Waals surface area contributed by atoms with Crippen LogP contribution in [0, 0.1) is 0 Å². The molecule has 92 valence electrons. The number of pyridine rings is 1. The van der Waals surface area contributed by atoms with E-state index in [2.05, 4.69) is 21.5 Å². The summed E-state index contributed by atoms with van der Waals surface area (Å²) in [6.45, 7) is 3.85. The fraction of sp³-hybridized carbons (Fsp3) is 0.538. The first-order chi connectivity index (χ1) is 8.36. The van der Waals surface area contributed by atoms with Crippen molar-refractivity contribution in [3.8, 4) is 0 Å². The number of rotatable bonds is 6. The number of unbranched alkanes of at least 4 members (excludes halogenated alkanes) is 2.